The molecule has 0 aromatic heterocycles. The van der Waals surface area contributed by atoms with E-state index in [0.29, 0.717) is 30.8 Å². The monoisotopic (exact) mass is 335 g/mol. The van der Waals surface area contributed by atoms with Gasteiger partial charge in [0.1, 0.15) is 6.42 Å². The second kappa shape index (κ2) is 7.11. The van der Waals surface area contributed by atoms with E-state index in [2.05, 4.69) is 5.32 Å². The van der Waals surface area contributed by atoms with Crippen LogP contribution in [-0.4, -0.2) is 37.8 Å². The Kier molecular flexibility index (Phi) is 5.39. The van der Waals surface area contributed by atoms with E-state index in [-0.39, 0.29) is 18.4 Å². The Bertz CT molecular complexity index is 729. The van der Waals surface area contributed by atoms with Gasteiger partial charge in [-0.1, -0.05) is 17.7 Å². The molecule has 1 aliphatic heterocycles. The van der Waals surface area contributed by atoms with E-state index in [1.54, 1.807) is 25.1 Å². The molecule has 6 nitrogen and oxygen atoms in total. The summed E-state index contributed by atoms with van der Waals surface area (Å²) < 4.78 is 27.0. The number of nitrogens with one attached hydrogen (secondary N) is 1. The number of rotatable bonds is 4. The van der Waals surface area contributed by atoms with Gasteiger partial charge in [0, 0.05) is 19.1 Å². The second-order valence-electron chi connectivity index (χ2n) is 5.85. The number of amides is 1. The molecule has 2 rings (SSSR count). The van der Waals surface area contributed by atoms with E-state index in [1.165, 1.54) is 4.31 Å². The maximum atomic E-state index is 12.7. The molecular formula is C16H21N3O3S. The lowest BCUT2D eigenvalue weighted by Gasteiger charge is -2.31. The quantitative estimate of drug-likeness (QED) is 0.902. The highest BCUT2D eigenvalue weighted by atomic mass is 32.2. The molecule has 1 amide bonds. The van der Waals surface area contributed by atoms with Gasteiger partial charge in [-0.2, -0.15) is 9.57 Å². The summed E-state index contributed by atoms with van der Waals surface area (Å²) in [5.41, 5.74) is 1.77. The zero-order valence-electron chi connectivity index (χ0n) is 13.4. The van der Waals surface area contributed by atoms with Crippen molar-refractivity contribution >= 4 is 15.9 Å². The number of carbonyl (C=O) groups excluding carboxylic acids is 1. The number of sulfonamides is 1. The van der Waals surface area contributed by atoms with Crippen molar-refractivity contribution in [1.82, 2.24) is 9.62 Å². The fraction of sp³-hybridized carbons (Fsp3) is 0.500. The molecule has 1 aromatic carbocycles. The van der Waals surface area contributed by atoms with Crippen molar-refractivity contribution in [2.24, 2.45) is 0 Å². The summed E-state index contributed by atoms with van der Waals surface area (Å²) in [6.07, 6.45) is 0.948. The molecule has 23 heavy (non-hydrogen) atoms. The Morgan fingerprint density at radius 2 is 2.00 bits per heavy atom. The lowest BCUT2D eigenvalue weighted by molar-refractivity contribution is -0.121. The predicted octanol–water partition coefficient (Wildman–Crippen LogP) is 1.49. The van der Waals surface area contributed by atoms with Crippen LogP contribution in [0.2, 0.25) is 0 Å². The van der Waals surface area contributed by atoms with Crippen LogP contribution in [0.5, 0.6) is 0 Å². The first-order valence-corrected chi connectivity index (χ1v) is 9.02. The molecule has 1 fully saturated rings. The van der Waals surface area contributed by atoms with Crippen molar-refractivity contribution in [2.75, 3.05) is 13.1 Å². The van der Waals surface area contributed by atoms with Crippen LogP contribution in [0.25, 0.3) is 0 Å². The van der Waals surface area contributed by atoms with Crippen LogP contribution < -0.4 is 5.32 Å². The summed E-state index contributed by atoms with van der Waals surface area (Å²) in [4.78, 5) is 11.8. The van der Waals surface area contributed by atoms with Crippen LogP contribution in [0, 0.1) is 25.2 Å². The van der Waals surface area contributed by atoms with E-state index in [4.69, 9.17) is 5.26 Å². The Labute approximate surface area is 137 Å². The van der Waals surface area contributed by atoms with Crippen molar-refractivity contribution in [1.29, 1.82) is 5.26 Å². The van der Waals surface area contributed by atoms with E-state index in [9.17, 15) is 13.2 Å². The average Bonchev–Trinajstić information content (AvgIpc) is 2.47. The molecule has 0 atom stereocenters. The van der Waals surface area contributed by atoms with Gasteiger partial charge in [0.2, 0.25) is 15.9 Å². The number of carbonyl (C=O) groups is 1. The summed E-state index contributed by atoms with van der Waals surface area (Å²) in [5.74, 6) is -0.303. The lowest BCUT2D eigenvalue weighted by Crippen LogP contribution is -2.46. The van der Waals surface area contributed by atoms with Crippen LogP contribution >= 0.6 is 0 Å². The Hall–Kier alpha value is -1.91. The van der Waals surface area contributed by atoms with Gasteiger partial charge in [-0.15, -0.1) is 0 Å². The fourth-order valence-corrected chi connectivity index (χ4v) is 4.49. The molecule has 1 aromatic rings. The first-order chi connectivity index (χ1) is 10.8. The minimum absolute atomic E-state index is 0.0681. The Balaban J connectivity index is 2.04. The van der Waals surface area contributed by atoms with Gasteiger partial charge in [0.25, 0.3) is 0 Å². The highest BCUT2D eigenvalue weighted by Crippen LogP contribution is 2.24. The summed E-state index contributed by atoms with van der Waals surface area (Å²) in [6, 6.07) is 7.05. The average molecular weight is 335 g/mol. The first-order valence-electron chi connectivity index (χ1n) is 7.58. The van der Waals surface area contributed by atoms with Crippen LogP contribution in [0.1, 0.15) is 30.4 Å². The number of nitrogens with zero attached hydrogens (tertiary/aromatic N) is 2. The van der Waals surface area contributed by atoms with Crippen molar-refractivity contribution in [3.05, 3.63) is 29.3 Å². The van der Waals surface area contributed by atoms with Crippen LogP contribution in [-0.2, 0) is 14.8 Å². The maximum Gasteiger partial charge on any atom is 0.243 e. The summed E-state index contributed by atoms with van der Waals surface area (Å²) in [5, 5.41) is 11.3. The molecule has 7 heteroatoms. The molecule has 0 bridgehead atoms. The van der Waals surface area contributed by atoms with Gasteiger partial charge < -0.3 is 5.32 Å². The topological polar surface area (TPSA) is 90.3 Å². The minimum atomic E-state index is -3.50. The molecule has 0 aliphatic carbocycles. The van der Waals surface area contributed by atoms with Gasteiger partial charge in [-0.25, -0.2) is 8.42 Å². The minimum Gasteiger partial charge on any atom is -0.352 e. The summed E-state index contributed by atoms with van der Waals surface area (Å²) in [6.45, 7) is 4.47. The third-order valence-electron chi connectivity index (χ3n) is 4.01. The fourth-order valence-electron chi connectivity index (χ4n) is 2.82. The van der Waals surface area contributed by atoms with Crippen LogP contribution in [0.15, 0.2) is 23.1 Å². The van der Waals surface area contributed by atoms with Crippen LogP contribution in [0.3, 0.4) is 0 Å². The van der Waals surface area contributed by atoms with Crippen molar-refractivity contribution in [3.8, 4) is 6.07 Å². The molecule has 1 saturated heterocycles. The number of benzene rings is 1. The number of hydrogen-bond donors (Lipinski definition) is 1. The number of aryl methyl sites for hydroxylation is 2. The lowest BCUT2D eigenvalue weighted by atomic mass is 10.1. The molecule has 124 valence electrons. The molecule has 0 unspecified atom stereocenters. The zero-order valence-corrected chi connectivity index (χ0v) is 14.2. The predicted molar refractivity (Wildman–Crippen MR) is 86.1 cm³/mol. The SMILES string of the molecule is Cc1ccc(S(=O)(=O)N2CCC(NC(=O)CC#N)CC2)c(C)c1. The Morgan fingerprint density at radius 3 is 2.57 bits per heavy atom. The van der Waals surface area contributed by atoms with Gasteiger partial charge in [-0.05, 0) is 38.3 Å². The standard InChI is InChI=1S/C16H21N3O3S/c1-12-3-4-15(13(2)11-12)23(21,22)19-9-6-14(7-10-19)18-16(20)5-8-17/h3-4,11,14H,5-7,9-10H2,1-2H3,(H,18,20). The normalized spacial score (nSPS) is 16.7. The highest BCUT2D eigenvalue weighted by Gasteiger charge is 2.30. The zero-order chi connectivity index (χ0) is 17.0. The smallest absolute Gasteiger partial charge is 0.243 e. The molecule has 0 saturated carbocycles. The van der Waals surface area contributed by atoms with E-state index in [1.807, 2.05) is 13.0 Å². The largest absolute Gasteiger partial charge is 0.352 e. The van der Waals surface area contributed by atoms with E-state index >= 15 is 0 Å². The molecule has 1 aliphatic rings. The van der Waals surface area contributed by atoms with E-state index in [0.717, 1.165) is 11.1 Å². The third-order valence-corrected chi connectivity index (χ3v) is 6.07. The molecule has 0 spiro atoms. The third kappa shape index (κ3) is 4.09. The second-order valence-corrected chi connectivity index (χ2v) is 7.76. The molecule has 1 N–H and O–H groups in total. The van der Waals surface area contributed by atoms with Gasteiger partial charge in [-0.3, -0.25) is 4.79 Å². The first kappa shape index (κ1) is 17.4. The maximum absolute atomic E-state index is 12.7. The van der Waals surface area contributed by atoms with Gasteiger partial charge >= 0.3 is 0 Å². The molecule has 1 heterocycles. The van der Waals surface area contributed by atoms with Gasteiger partial charge in [0.15, 0.2) is 0 Å². The van der Waals surface area contributed by atoms with Crippen LogP contribution in [0.4, 0.5) is 0 Å². The van der Waals surface area contributed by atoms with Crippen molar-refractivity contribution in [3.63, 3.8) is 0 Å². The number of piperidine rings is 1. The van der Waals surface area contributed by atoms with Crippen molar-refractivity contribution < 1.29 is 13.2 Å². The number of nitriles is 1. The van der Waals surface area contributed by atoms with Crippen molar-refractivity contribution in [2.45, 2.75) is 44.0 Å². The summed E-state index contributed by atoms with van der Waals surface area (Å²) >= 11 is 0. The highest BCUT2D eigenvalue weighted by molar-refractivity contribution is 7.89. The number of hydrogen-bond acceptors (Lipinski definition) is 4. The molecule has 0 radical (unpaired) electrons. The van der Waals surface area contributed by atoms with E-state index < -0.39 is 10.0 Å². The molecular weight excluding hydrogens is 314 g/mol. The summed E-state index contributed by atoms with van der Waals surface area (Å²) in [7, 11) is -3.50. The van der Waals surface area contributed by atoms with Gasteiger partial charge in [0.05, 0.1) is 11.0 Å². The Morgan fingerprint density at radius 1 is 1.35 bits per heavy atom.